The van der Waals surface area contributed by atoms with Gasteiger partial charge in [-0.15, -0.1) is 0 Å². The molecule has 0 aliphatic heterocycles. The lowest BCUT2D eigenvalue weighted by atomic mass is 9.77. The summed E-state index contributed by atoms with van der Waals surface area (Å²) < 4.78 is 0. The summed E-state index contributed by atoms with van der Waals surface area (Å²) in [5.74, 6) is 0.333. The minimum absolute atomic E-state index is 0.163. The predicted octanol–water partition coefficient (Wildman–Crippen LogP) is 1.33. The molecule has 2 N–H and O–H groups in total. The Morgan fingerprint density at radius 2 is 2.08 bits per heavy atom. The number of aliphatic hydroxyl groups excluding tert-OH is 1. The van der Waals surface area contributed by atoms with Gasteiger partial charge in [-0.2, -0.15) is 0 Å². The van der Waals surface area contributed by atoms with Gasteiger partial charge in [-0.05, 0) is 5.92 Å². The van der Waals surface area contributed by atoms with Crippen LogP contribution in [0.2, 0.25) is 0 Å². The monoisotopic (exact) mass is 170 g/mol. The van der Waals surface area contributed by atoms with Gasteiger partial charge < -0.3 is 10.2 Å². The van der Waals surface area contributed by atoms with Crippen LogP contribution in [0.15, 0.2) is 12.2 Å². The molecule has 0 saturated heterocycles. The third-order valence-corrected chi connectivity index (χ3v) is 2.83. The Hall–Kier alpha value is -0.340. The second-order valence-electron chi connectivity index (χ2n) is 4.14. The molecule has 1 aliphatic carbocycles. The highest BCUT2D eigenvalue weighted by molar-refractivity contribution is 5.11. The molecule has 0 fully saturated rings. The largest absolute Gasteiger partial charge is 0.392 e. The molecule has 3 atom stereocenters. The predicted molar refractivity (Wildman–Crippen MR) is 48.7 cm³/mol. The zero-order valence-corrected chi connectivity index (χ0v) is 7.99. The van der Waals surface area contributed by atoms with Crippen molar-refractivity contribution in [2.24, 2.45) is 11.8 Å². The quantitative estimate of drug-likeness (QED) is 0.583. The SMILES string of the molecule is CC1C=CC(O)(C(C)C)CC1O. The number of aliphatic hydroxyl groups is 2. The summed E-state index contributed by atoms with van der Waals surface area (Å²) in [6.07, 6.45) is 3.79. The van der Waals surface area contributed by atoms with Crippen LogP contribution in [0.3, 0.4) is 0 Å². The highest BCUT2D eigenvalue weighted by Gasteiger charge is 2.35. The van der Waals surface area contributed by atoms with Gasteiger partial charge in [0.25, 0.3) is 0 Å². The highest BCUT2D eigenvalue weighted by atomic mass is 16.3. The maximum Gasteiger partial charge on any atom is 0.0875 e. The third-order valence-electron chi connectivity index (χ3n) is 2.83. The molecule has 0 radical (unpaired) electrons. The molecule has 0 aromatic rings. The summed E-state index contributed by atoms with van der Waals surface area (Å²) in [7, 11) is 0. The lowest BCUT2D eigenvalue weighted by Crippen LogP contribution is -2.41. The van der Waals surface area contributed by atoms with Crippen LogP contribution in [-0.2, 0) is 0 Å². The van der Waals surface area contributed by atoms with Crippen LogP contribution in [0.25, 0.3) is 0 Å². The van der Waals surface area contributed by atoms with Crippen molar-refractivity contribution >= 4 is 0 Å². The van der Waals surface area contributed by atoms with Crippen molar-refractivity contribution in [1.29, 1.82) is 0 Å². The molecule has 0 spiro atoms. The van der Waals surface area contributed by atoms with E-state index in [0.717, 1.165) is 0 Å². The second kappa shape index (κ2) is 3.19. The zero-order valence-electron chi connectivity index (χ0n) is 7.99. The van der Waals surface area contributed by atoms with Crippen molar-refractivity contribution in [2.75, 3.05) is 0 Å². The Morgan fingerprint density at radius 1 is 1.50 bits per heavy atom. The molecule has 1 rings (SSSR count). The van der Waals surface area contributed by atoms with E-state index in [-0.39, 0.29) is 11.8 Å². The minimum Gasteiger partial charge on any atom is -0.392 e. The smallest absolute Gasteiger partial charge is 0.0875 e. The van der Waals surface area contributed by atoms with Crippen LogP contribution in [-0.4, -0.2) is 21.9 Å². The summed E-state index contributed by atoms with van der Waals surface area (Å²) >= 11 is 0. The Kier molecular flexibility index (Phi) is 2.59. The maximum absolute atomic E-state index is 9.99. The van der Waals surface area contributed by atoms with Crippen molar-refractivity contribution in [3.8, 4) is 0 Å². The standard InChI is InChI=1S/C10H18O2/c1-7(2)10(12)5-4-8(3)9(11)6-10/h4-5,7-9,11-12H,6H2,1-3H3. The van der Waals surface area contributed by atoms with Gasteiger partial charge >= 0.3 is 0 Å². The van der Waals surface area contributed by atoms with E-state index in [4.69, 9.17) is 0 Å². The molecule has 70 valence electrons. The van der Waals surface area contributed by atoms with Gasteiger partial charge in [0.1, 0.15) is 0 Å². The van der Waals surface area contributed by atoms with E-state index in [1.807, 2.05) is 32.9 Å². The molecular weight excluding hydrogens is 152 g/mol. The van der Waals surface area contributed by atoms with Gasteiger partial charge in [-0.1, -0.05) is 32.9 Å². The Balaban J connectivity index is 2.78. The van der Waals surface area contributed by atoms with Crippen LogP contribution >= 0.6 is 0 Å². The zero-order chi connectivity index (χ0) is 9.35. The first kappa shape index (κ1) is 9.75. The van der Waals surface area contributed by atoms with Gasteiger partial charge in [0.05, 0.1) is 11.7 Å². The van der Waals surface area contributed by atoms with Gasteiger partial charge in [-0.25, -0.2) is 0 Å². The van der Waals surface area contributed by atoms with E-state index in [1.165, 1.54) is 0 Å². The van der Waals surface area contributed by atoms with Crippen molar-refractivity contribution in [3.05, 3.63) is 12.2 Å². The van der Waals surface area contributed by atoms with Crippen LogP contribution in [0.4, 0.5) is 0 Å². The molecular formula is C10H18O2. The van der Waals surface area contributed by atoms with E-state index in [1.54, 1.807) is 0 Å². The first-order valence-corrected chi connectivity index (χ1v) is 4.55. The van der Waals surface area contributed by atoms with E-state index < -0.39 is 11.7 Å². The van der Waals surface area contributed by atoms with Gasteiger partial charge in [0.15, 0.2) is 0 Å². The second-order valence-corrected chi connectivity index (χ2v) is 4.14. The van der Waals surface area contributed by atoms with E-state index in [9.17, 15) is 10.2 Å². The molecule has 0 bridgehead atoms. The molecule has 2 heteroatoms. The summed E-state index contributed by atoms with van der Waals surface area (Å²) in [5.41, 5.74) is -0.800. The van der Waals surface area contributed by atoms with Crippen molar-refractivity contribution < 1.29 is 10.2 Å². The van der Waals surface area contributed by atoms with Gasteiger partial charge in [0, 0.05) is 12.3 Å². The van der Waals surface area contributed by atoms with E-state index in [0.29, 0.717) is 6.42 Å². The molecule has 0 aromatic heterocycles. The fraction of sp³-hybridized carbons (Fsp3) is 0.800. The van der Waals surface area contributed by atoms with Crippen LogP contribution in [0.1, 0.15) is 27.2 Å². The van der Waals surface area contributed by atoms with Crippen molar-refractivity contribution in [3.63, 3.8) is 0 Å². The summed E-state index contributed by atoms with van der Waals surface area (Å²) in [5, 5.41) is 19.5. The Bertz CT molecular complexity index is 186. The first-order valence-electron chi connectivity index (χ1n) is 4.55. The average Bonchev–Trinajstić information content (AvgIpc) is 1.97. The topological polar surface area (TPSA) is 40.5 Å². The molecule has 0 heterocycles. The molecule has 12 heavy (non-hydrogen) atoms. The molecule has 0 saturated carbocycles. The summed E-state index contributed by atoms with van der Waals surface area (Å²) in [4.78, 5) is 0. The van der Waals surface area contributed by atoms with Crippen LogP contribution < -0.4 is 0 Å². The van der Waals surface area contributed by atoms with Crippen molar-refractivity contribution in [1.82, 2.24) is 0 Å². The average molecular weight is 170 g/mol. The number of rotatable bonds is 1. The molecule has 2 nitrogen and oxygen atoms in total. The minimum atomic E-state index is -0.800. The fourth-order valence-electron chi connectivity index (χ4n) is 1.46. The maximum atomic E-state index is 9.99. The molecule has 3 unspecified atom stereocenters. The summed E-state index contributed by atoms with van der Waals surface area (Å²) in [6, 6.07) is 0. The third kappa shape index (κ3) is 1.70. The Morgan fingerprint density at radius 3 is 2.50 bits per heavy atom. The molecule has 1 aliphatic rings. The van der Waals surface area contributed by atoms with Crippen LogP contribution in [0.5, 0.6) is 0 Å². The number of hydrogen-bond donors (Lipinski definition) is 2. The lowest BCUT2D eigenvalue weighted by Gasteiger charge is -2.36. The first-order chi connectivity index (χ1) is 5.46. The van der Waals surface area contributed by atoms with E-state index >= 15 is 0 Å². The Labute approximate surface area is 73.9 Å². The van der Waals surface area contributed by atoms with E-state index in [2.05, 4.69) is 0 Å². The van der Waals surface area contributed by atoms with Crippen molar-refractivity contribution in [2.45, 2.75) is 38.9 Å². The summed E-state index contributed by atoms with van der Waals surface area (Å²) in [6.45, 7) is 5.89. The van der Waals surface area contributed by atoms with Crippen LogP contribution in [0, 0.1) is 11.8 Å². The number of hydrogen-bond acceptors (Lipinski definition) is 2. The van der Waals surface area contributed by atoms with Gasteiger partial charge in [-0.3, -0.25) is 0 Å². The normalized spacial score (nSPS) is 42.2. The molecule has 0 amide bonds. The fourth-order valence-corrected chi connectivity index (χ4v) is 1.46. The lowest BCUT2D eigenvalue weighted by molar-refractivity contribution is -0.0262. The highest BCUT2D eigenvalue weighted by Crippen LogP contribution is 2.31. The van der Waals surface area contributed by atoms with Gasteiger partial charge in [0.2, 0.25) is 0 Å². The molecule has 0 aromatic carbocycles.